The molecule has 106 valence electrons. The number of carbonyl (C=O) groups is 1. The molecule has 1 aromatic carbocycles. The third kappa shape index (κ3) is 2.03. The number of amides is 1. The fraction of sp³-hybridized carbons (Fsp3) is 0.562. The summed E-state index contributed by atoms with van der Waals surface area (Å²) in [5.41, 5.74) is 1.09. The van der Waals surface area contributed by atoms with Crippen LogP contribution in [0, 0.1) is 17.8 Å². The largest absolute Gasteiger partial charge is 0.454 e. The molecule has 1 amide bonds. The minimum absolute atomic E-state index is 0.262. The van der Waals surface area contributed by atoms with E-state index < -0.39 is 0 Å². The fourth-order valence-electron chi connectivity index (χ4n) is 3.62. The minimum atomic E-state index is 0.262. The van der Waals surface area contributed by atoms with Crippen LogP contribution in [-0.4, -0.2) is 24.6 Å². The van der Waals surface area contributed by atoms with E-state index >= 15 is 0 Å². The predicted octanol–water partition coefficient (Wildman–Crippen LogP) is 2.42. The van der Waals surface area contributed by atoms with Gasteiger partial charge in [-0.2, -0.15) is 0 Å². The Labute approximate surface area is 118 Å². The highest BCUT2D eigenvalue weighted by Crippen LogP contribution is 2.54. The summed E-state index contributed by atoms with van der Waals surface area (Å²) in [5, 5.41) is 0. The van der Waals surface area contributed by atoms with Crippen LogP contribution in [0.2, 0.25) is 0 Å². The molecule has 2 unspecified atom stereocenters. The molecule has 20 heavy (non-hydrogen) atoms. The maximum Gasteiger partial charge on any atom is 0.231 e. The van der Waals surface area contributed by atoms with Gasteiger partial charge in [-0.05, 0) is 48.8 Å². The summed E-state index contributed by atoms with van der Waals surface area (Å²) in [6.45, 7) is 0.930. The van der Waals surface area contributed by atoms with Crippen LogP contribution in [0.5, 0.6) is 11.5 Å². The second-order valence-corrected chi connectivity index (χ2v) is 6.31. The van der Waals surface area contributed by atoms with E-state index in [1.54, 1.807) is 0 Å². The summed E-state index contributed by atoms with van der Waals surface area (Å²) in [6, 6.07) is 5.89. The molecule has 0 saturated heterocycles. The number of benzene rings is 1. The van der Waals surface area contributed by atoms with E-state index in [-0.39, 0.29) is 5.92 Å². The third-order valence-electron chi connectivity index (χ3n) is 4.83. The van der Waals surface area contributed by atoms with Crippen LogP contribution in [0.1, 0.15) is 24.8 Å². The molecule has 0 aromatic heterocycles. The van der Waals surface area contributed by atoms with Crippen LogP contribution in [0.15, 0.2) is 18.2 Å². The van der Waals surface area contributed by atoms with Gasteiger partial charge in [-0.15, -0.1) is 0 Å². The Balaban J connectivity index is 1.41. The van der Waals surface area contributed by atoms with Crippen molar-refractivity contribution in [3.8, 4) is 11.5 Å². The van der Waals surface area contributed by atoms with E-state index in [1.807, 2.05) is 30.1 Å². The standard InChI is InChI=1S/C16H19NO3/c1-17(16(18)13-6-11-5-12(11)7-13)8-10-2-3-14-15(4-10)20-9-19-14/h2-4,11-13H,5-9H2,1H3. The van der Waals surface area contributed by atoms with Crippen molar-refractivity contribution in [2.24, 2.45) is 17.8 Å². The first kappa shape index (κ1) is 12.1. The van der Waals surface area contributed by atoms with E-state index in [4.69, 9.17) is 9.47 Å². The monoisotopic (exact) mass is 273 g/mol. The molecule has 1 aromatic rings. The highest BCUT2D eigenvalue weighted by molar-refractivity contribution is 5.79. The lowest BCUT2D eigenvalue weighted by Crippen LogP contribution is -2.31. The molecule has 4 nitrogen and oxygen atoms in total. The Morgan fingerprint density at radius 2 is 1.95 bits per heavy atom. The zero-order chi connectivity index (χ0) is 13.7. The van der Waals surface area contributed by atoms with Gasteiger partial charge >= 0.3 is 0 Å². The van der Waals surface area contributed by atoms with Crippen LogP contribution in [-0.2, 0) is 11.3 Å². The van der Waals surface area contributed by atoms with E-state index in [9.17, 15) is 4.79 Å². The minimum Gasteiger partial charge on any atom is -0.454 e. The van der Waals surface area contributed by atoms with Gasteiger partial charge in [0.15, 0.2) is 11.5 Å². The van der Waals surface area contributed by atoms with Gasteiger partial charge in [0.1, 0.15) is 0 Å². The number of ether oxygens (including phenoxy) is 2. The number of hydrogen-bond acceptors (Lipinski definition) is 3. The number of fused-ring (bicyclic) bond motifs is 2. The van der Waals surface area contributed by atoms with Gasteiger partial charge in [-0.25, -0.2) is 0 Å². The van der Waals surface area contributed by atoms with Crippen LogP contribution in [0.4, 0.5) is 0 Å². The van der Waals surface area contributed by atoms with Gasteiger partial charge in [-0.3, -0.25) is 4.79 Å². The van der Waals surface area contributed by atoms with Crippen molar-refractivity contribution in [2.45, 2.75) is 25.8 Å². The molecular weight excluding hydrogens is 254 g/mol. The molecular formula is C16H19NO3. The van der Waals surface area contributed by atoms with Crippen molar-refractivity contribution in [1.29, 1.82) is 0 Å². The van der Waals surface area contributed by atoms with Crippen molar-refractivity contribution in [2.75, 3.05) is 13.8 Å². The normalized spacial score (nSPS) is 29.1. The van der Waals surface area contributed by atoms with Crippen LogP contribution < -0.4 is 9.47 Å². The molecule has 4 rings (SSSR count). The topological polar surface area (TPSA) is 38.8 Å². The molecule has 2 saturated carbocycles. The zero-order valence-electron chi connectivity index (χ0n) is 11.7. The summed E-state index contributed by atoms with van der Waals surface area (Å²) in [7, 11) is 1.90. The van der Waals surface area contributed by atoms with E-state index in [0.717, 1.165) is 41.7 Å². The quantitative estimate of drug-likeness (QED) is 0.849. The Kier molecular flexibility index (Phi) is 2.65. The second-order valence-electron chi connectivity index (χ2n) is 6.31. The van der Waals surface area contributed by atoms with Crippen molar-refractivity contribution >= 4 is 5.91 Å². The molecule has 2 fully saturated rings. The zero-order valence-corrected chi connectivity index (χ0v) is 11.7. The molecule has 0 N–H and O–H groups in total. The maximum atomic E-state index is 12.4. The van der Waals surface area contributed by atoms with Crippen LogP contribution in [0.3, 0.4) is 0 Å². The average Bonchev–Trinajstić information content (AvgIpc) is 2.89. The van der Waals surface area contributed by atoms with Gasteiger partial charge in [0.05, 0.1) is 0 Å². The molecule has 0 radical (unpaired) electrons. The lowest BCUT2D eigenvalue weighted by molar-refractivity contribution is -0.134. The smallest absolute Gasteiger partial charge is 0.231 e. The van der Waals surface area contributed by atoms with Gasteiger partial charge in [-0.1, -0.05) is 6.07 Å². The van der Waals surface area contributed by atoms with Crippen molar-refractivity contribution in [3.05, 3.63) is 23.8 Å². The number of nitrogens with zero attached hydrogens (tertiary/aromatic N) is 1. The highest BCUT2D eigenvalue weighted by Gasteiger charge is 2.48. The summed E-state index contributed by atoms with van der Waals surface area (Å²) in [5.74, 6) is 3.84. The Bertz CT molecular complexity index is 547. The van der Waals surface area contributed by atoms with Crippen molar-refractivity contribution < 1.29 is 14.3 Å². The summed E-state index contributed by atoms with van der Waals surface area (Å²) in [6.07, 6.45) is 3.57. The summed E-state index contributed by atoms with van der Waals surface area (Å²) in [4.78, 5) is 14.3. The molecule has 0 spiro atoms. The molecule has 3 aliphatic rings. The first-order valence-corrected chi connectivity index (χ1v) is 7.34. The third-order valence-corrected chi connectivity index (χ3v) is 4.83. The van der Waals surface area contributed by atoms with Gasteiger partial charge in [0.2, 0.25) is 12.7 Å². The summed E-state index contributed by atoms with van der Waals surface area (Å²) < 4.78 is 10.7. The SMILES string of the molecule is CN(Cc1ccc2c(c1)OCO2)C(=O)C1CC2CC2C1. The van der Waals surface area contributed by atoms with E-state index in [0.29, 0.717) is 19.2 Å². The second kappa shape index (κ2) is 4.40. The van der Waals surface area contributed by atoms with Crippen LogP contribution >= 0.6 is 0 Å². The molecule has 0 bridgehead atoms. The molecule has 2 aliphatic carbocycles. The molecule has 1 heterocycles. The number of rotatable bonds is 3. The lowest BCUT2D eigenvalue weighted by Gasteiger charge is -2.22. The maximum absolute atomic E-state index is 12.4. The summed E-state index contributed by atoms with van der Waals surface area (Å²) >= 11 is 0. The molecule has 4 heteroatoms. The van der Waals surface area contributed by atoms with Crippen LogP contribution in [0.25, 0.3) is 0 Å². The average molecular weight is 273 g/mol. The Morgan fingerprint density at radius 1 is 1.20 bits per heavy atom. The Hall–Kier alpha value is -1.71. The van der Waals surface area contributed by atoms with Crippen molar-refractivity contribution in [3.63, 3.8) is 0 Å². The van der Waals surface area contributed by atoms with Gasteiger partial charge < -0.3 is 14.4 Å². The first-order valence-electron chi connectivity index (χ1n) is 7.34. The Morgan fingerprint density at radius 3 is 2.75 bits per heavy atom. The first-order chi connectivity index (χ1) is 9.70. The van der Waals surface area contributed by atoms with Crippen molar-refractivity contribution in [1.82, 2.24) is 4.90 Å². The van der Waals surface area contributed by atoms with Gasteiger partial charge in [0, 0.05) is 19.5 Å². The highest BCUT2D eigenvalue weighted by atomic mass is 16.7. The number of carbonyl (C=O) groups excluding carboxylic acids is 1. The van der Waals surface area contributed by atoms with E-state index in [1.165, 1.54) is 6.42 Å². The van der Waals surface area contributed by atoms with Gasteiger partial charge in [0.25, 0.3) is 0 Å². The molecule has 1 aliphatic heterocycles. The fourth-order valence-corrected chi connectivity index (χ4v) is 3.62. The number of hydrogen-bond donors (Lipinski definition) is 0. The molecule has 2 atom stereocenters. The predicted molar refractivity (Wildman–Crippen MR) is 73.4 cm³/mol. The van der Waals surface area contributed by atoms with E-state index in [2.05, 4.69) is 0 Å². The lowest BCUT2D eigenvalue weighted by atomic mass is 10.0.